The van der Waals surface area contributed by atoms with Crippen molar-refractivity contribution in [2.45, 2.75) is 0 Å². The number of likely N-dealkylation sites (N-methyl/N-ethyl adjacent to an activating group) is 1. The highest BCUT2D eigenvalue weighted by atomic mass is 35.5. The summed E-state index contributed by atoms with van der Waals surface area (Å²) in [6.07, 6.45) is 0. The summed E-state index contributed by atoms with van der Waals surface area (Å²) in [7, 11) is 1.99. The molecule has 2 aromatic rings. The summed E-state index contributed by atoms with van der Waals surface area (Å²) in [5.74, 6) is -0.575. The van der Waals surface area contributed by atoms with Gasteiger partial charge in [0, 0.05) is 36.6 Å². The zero-order valence-electron chi connectivity index (χ0n) is 17.8. The lowest BCUT2D eigenvalue weighted by molar-refractivity contribution is -0.905. The number of nitrogens with one attached hydrogen (secondary N) is 2. The van der Waals surface area contributed by atoms with Crippen molar-refractivity contribution in [3.8, 4) is 11.5 Å². The van der Waals surface area contributed by atoms with Gasteiger partial charge in [0.2, 0.25) is 5.91 Å². The third kappa shape index (κ3) is 6.64. The van der Waals surface area contributed by atoms with Crippen molar-refractivity contribution in [2.75, 3.05) is 68.4 Å². The summed E-state index contributed by atoms with van der Waals surface area (Å²) in [6.45, 7) is 3.14. The molecule has 0 aromatic heterocycles. The van der Waals surface area contributed by atoms with Crippen LogP contribution in [0.4, 0.5) is 22.7 Å². The Kier molecular flexibility index (Phi) is 8.14. The van der Waals surface area contributed by atoms with Gasteiger partial charge in [0.1, 0.15) is 11.5 Å². The van der Waals surface area contributed by atoms with Crippen molar-refractivity contribution in [3.05, 3.63) is 36.4 Å². The van der Waals surface area contributed by atoms with E-state index in [0.29, 0.717) is 53.4 Å². The fourth-order valence-corrected chi connectivity index (χ4v) is 3.54. The van der Waals surface area contributed by atoms with E-state index in [9.17, 15) is 19.8 Å². The number of aromatic hydroxyl groups is 2. The van der Waals surface area contributed by atoms with E-state index in [0.717, 1.165) is 0 Å². The Labute approximate surface area is 192 Å². The predicted molar refractivity (Wildman–Crippen MR) is 120 cm³/mol. The number of phenolic OH excluding ortho intramolecular Hbond substituents is 2. The molecule has 0 bridgehead atoms. The number of carbonyl (C=O) groups is 2. The zero-order chi connectivity index (χ0) is 22.6. The van der Waals surface area contributed by atoms with E-state index in [1.807, 2.05) is 11.9 Å². The Balaban J connectivity index is 0.00000363. The second-order valence-electron chi connectivity index (χ2n) is 8.15. The molecule has 8 N–H and O–H groups in total. The van der Waals surface area contributed by atoms with E-state index in [2.05, 4.69) is 10.6 Å². The van der Waals surface area contributed by atoms with Crippen molar-refractivity contribution in [1.29, 1.82) is 0 Å². The van der Waals surface area contributed by atoms with Gasteiger partial charge in [-0.1, -0.05) is 0 Å². The average Bonchev–Trinajstić information content (AvgIpc) is 2.68. The number of amides is 2. The Bertz CT molecular complexity index is 979. The molecule has 0 atom stereocenters. The summed E-state index contributed by atoms with van der Waals surface area (Å²) in [6, 6.07) is 9.12. The molecule has 3 rings (SSSR count). The number of quaternary nitrogens is 1. The average molecular weight is 465 g/mol. The van der Waals surface area contributed by atoms with Gasteiger partial charge in [-0.15, -0.1) is 0 Å². The molecule has 0 unspecified atom stereocenters. The fourth-order valence-electron chi connectivity index (χ4n) is 3.54. The number of piperazine rings is 1. The number of hydrogen-bond acceptors (Lipinski definition) is 7. The van der Waals surface area contributed by atoms with Crippen LogP contribution < -0.4 is 34.5 Å². The fraction of sp³-hybridized carbons (Fsp3) is 0.333. The Hall–Kier alpha value is -3.21. The standard InChI is InChI=1S/C21H28N6O4.ClH/c1-27(13-21(31)25-17-5-3-15(23)11-19(17)29)8-6-26(7-9-27)12-20(30)24-16-4-2-14(22)10-18(16)28;/h2-5,10-11H,6-9,12-13,22-23H2,1H3,(H3-,24,25,28,29,30,31);1H. The van der Waals surface area contributed by atoms with Crippen molar-refractivity contribution in [2.24, 2.45) is 0 Å². The largest absolute Gasteiger partial charge is 1.00 e. The monoisotopic (exact) mass is 464 g/mol. The lowest BCUT2D eigenvalue weighted by Gasteiger charge is -2.41. The molecule has 10 nitrogen and oxygen atoms in total. The molecule has 32 heavy (non-hydrogen) atoms. The number of halogens is 1. The van der Waals surface area contributed by atoms with Gasteiger partial charge in [0.15, 0.2) is 6.54 Å². The normalized spacial score (nSPS) is 15.4. The van der Waals surface area contributed by atoms with E-state index >= 15 is 0 Å². The lowest BCUT2D eigenvalue weighted by atomic mass is 10.2. The van der Waals surface area contributed by atoms with E-state index in [1.165, 1.54) is 12.1 Å². The van der Waals surface area contributed by atoms with E-state index in [1.54, 1.807) is 24.3 Å². The zero-order valence-corrected chi connectivity index (χ0v) is 18.6. The topological polar surface area (TPSA) is 154 Å². The number of hydrogen-bond donors (Lipinski definition) is 6. The maximum absolute atomic E-state index is 12.5. The summed E-state index contributed by atoms with van der Waals surface area (Å²) in [5.41, 5.74) is 12.7. The molecular formula is C21H29ClN6O4. The predicted octanol–water partition coefficient (Wildman–Crippen LogP) is -2.39. The molecule has 0 radical (unpaired) electrons. The number of nitrogens with two attached hydrogens (primary N) is 2. The van der Waals surface area contributed by atoms with Crippen LogP contribution in [0.15, 0.2) is 36.4 Å². The Morgan fingerprint density at radius 3 is 1.88 bits per heavy atom. The van der Waals surface area contributed by atoms with E-state index < -0.39 is 0 Å². The van der Waals surface area contributed by atoms with Crippen LogP contribution in [0.5, 0.6) is 11.5 Å². The molecule has 1 aliphatic rings. The van der Waals surface area contributed by atoms with Crippen molar-refractivity contribution < 1.29 is 36.7 Å². The molecule has 174 valence electrons. The van der Waals surface area contributed by atoms with Crippen molar-refractivity contribution >= 4 is 34.6 Å². The molecule has 1 saturated heterocycles. The second kappa shape index (κ2) is 10.4. The number of phenols is 2. The van der Waals surface area contributed by atoms with Gasteiger partial charge in [0.25, 0.3) is 5.91 Å². The summed E-state index contributed by atoms with van der Waals surface area (Å²) in [5, 5.41) is 25.2. The second-order valence-corrected chi connectivity index (χ2v) is 8.15. The van der Waals surface area contributed by atoms with Gasteiger partial charge in [-0.05, 0) is 24.3 Å². The molecule has 2 aromatic carbocycles. The van der Waals surface area contributed by atoms with Gasteiger partial charge < -0.3 is 49.2 Å². The van der Waals surface area contributed by atoms with Gasteiger partial charge >= 0.3 is 0 Å². The van der Waals surface area contributed by atoms with E-state index in [-0.39, 0.29) is 48.8 Å². The number of rotatable bonds is 6. The molecule has 0 spiro atoms. The molecule has 2 amide bonds. The van der Waals surface area contributed by atoms with Crippen LogP contribution in [0.3, 0.4) is 0 Å². The van der Waals surface area contributed by atoms with Crippen LogP contribution in [0.1, 0.15) is 0 Å². The highest BCUT2D eigenvalue weighted by Crippen LogP contribution is 2.26. The Morgan fingerprint density at radius 2 is 1.41 bits per heavy atom. The minimum atomic E-state index is -0.229. The first-order valence-corrected chi connectivity index (χ1v) is 9.96. The summed E-state index contributed by atoms with van der Waals surface area (Å²) >= 11 is 0. The molecule has 1 heterocycles. The van der Waals surface area contributed by atoms with Crippen LogP contribution >= 0.6 is 0 Å². The number of nitrogen functional groups attached to an aromatic ring is 2. The molecule has 0 saturated carbocycles. The maximum Gasteiger partial charge on any atom is 0.279 e. The molecule has 0 aliphatic carbocycles. The smallest absolute Gasteiger partial charge is 0.279 e. The Morgan fingerprint density at radius 1 is 0.938 bits per heavy atom. The highest BCUT2D eigenvalue weighted by Gasteiger charge is 2.32. The van der Waals surface area contributed by atoms with Crippen LogP contribution in [-0.2, 0) is 9.59 Å². The minimum absolute atomic E-state index is 0. The maximum atomic E-state index is 12.5. The van der Waals surface area contributed by atoms with Crippen molar-refractivity contribution in [1.82, 2.24) is 4.90 Å². The summed E-state index contributed by atoms with van der Waals surface area (Å²) < 4.78 is 0.526. The molecule has 1 aliphatic heterocycles. The van der Waals surface area contributed by atoms with Crippen LogP contribution in [0.25, 0.3) is 0 Å². The number of carbonyl (C=O) groups excluding carboxylic acids is 2. The highest BCUT2D eigenvalue weighted by molar-refractivity contribution is 5.94. The summed E-state index contributed by atoms with van der Waals surface area (Å²) in [4.78, 5) is 26.8. The van der Waals surface area contributed by atoms with Crippen molar-refractivity contribution in [3.63, 3.8) is 0 Å². The first kappa shape index (κ1) is 25.1. The number of nitrogens with zero attached hydrogens (tertiary/aromatic N) is 2. The number of anilines is 4. The molecule has 1 fully saturated rings. The lowest BCUT2D eigenvalue weighted by Crippen LogP contribution is -3.00. The van der Waals surface area contributed by atoms with Gasteiger partial charge in [0.05, 0.1) is 38.1 Å². The van der Waals surface area contributed by atoms with Crippen LogP contribution in [0, 0.1) is 0 Å². The third-order valence-corrected chi connectivity index (χ3v) is 5.40. The molecular weight excluding hydrogens is 436 g/mol. The third-order valence-electron chi connectivity index (χ3n) is 5.40. The SMILES string of the molecule is C[N+]1(CC(=O)Nc2ccc(N)cc2O)CCN(CC(=O)Nc2ccc(N)cc2O)CC1.[Cl-]. The van der Waals surface area contributed by atoms with Gasteiger partial charge in [-0.2, -0.15) is 0 Å². The first-order valence-electron chi connectivity index (χ1n) is 9.96. The van der Waals surface area contributed by atoms with Crippen LogP contribution in [0.2, 0.25) is 0 Å². The minimum Gasteiger partial charge on any atom is -1.00 e. The number of benzene rings is 2. The first-order chi connectivity index (χ1) is 14.6. The van der Waals surface area contributed by atoms with E-state index in [4.69, 9.17) is 11.5 Å². The quantitative estimate of drug-likeness (QED) is 0.158. The van der Waals surface area contributed by atoms with Gasteiger partial charge in [-0.3, -0.25) is 14.5 Å². The van der Waals surface area contributed by atoms with Crippen LogP contribution in [-0.4, -0.2) is 77.7 Å². The molecule has 11 heteroatoms. The van der Waals surface area contributed by atoms with Gasteiger partial charge in [-0.25, -0.2) is 0 Å².